The number of halogens is 1. The molecule has 2 aromatic carbocycles. The fourth-order valence-corrected chi connectivity index (χ4v) is 5.59. The third-order valence-corrected chi connectivity index (χ3v) is 7.05. The topological polar surface area (TPSA) is 68.2 Å². The minimum Gasteiger partial charge on any atom is -0.493 e. The molecule has 2 aliphatic carbocycles. The summed E-state index contributed by atoms with van der Waals surface area (Å²) in [6.07, 6.45) is 6.60. The lowest BCUT2D eigenvalue weighted by atomic mass is 9.85. The van der Waals surface area contributed by atoms with Gasteiger partial charge in [0.15, 0.2) is 11.5 Å². The largest absolute Gasteiger partial charge is 0.493 e. The van der Waals surface area contributed by atoms with E-state index in [0.717, 1.165) is 26.1 Å². The first kappa shape index (κ1) is 20.2. The van der Waals surface area contributed by atoms with E-state index in [1.807, 2.05) is 36.4 Å². The Bertz CT molecular complexity index is 1070. The van der Waals surface area contributed by atoms with Crippen LogP contribution in [0.1, 0.15) is 17.5 Å². The number of fused-ring (bicyclic) bond motifs is 5. The number of nitrogens with zero attached hydrogens (tertiary/aromatic N) is 2. The van der Waals surface area contributed by atoms with Crippen LogP contribution in [0.15, 0.2) is 59.7 Å². The molecule has 1 heterocycles. The molecule has 0 N–H and O–H groups in total. The van der Waals surface area contributed by atoms with E-state index in [9.17, 15) is 9.59 Å². The molecule has 5 rings (SSSR count). The lowest BCUT2D eigenvalue weighted by Crippen LogP contribution is -2.28. The summed E-state index contributed by atoms with van der Waals surface area (Å²) in [5.74, 6) is 0.700. The summed E-state index contributed by atoms with van der Waals surface area (Å²) in [7, 11) is 1.58. The van der Waals surface area contributed by atoms with E-state index < -0.39 is 0 Å². The molecule has 0 aromatic heterocycles. The Morgan fingerprint density at radius 2 is 1.77 bits per heavy atom. The normalized spacial score (nSPS) is 26.2. The lowest BCUT2D eigenvalue weighted by molar-refractivity contribution is -0.140. The molecule has 1 saturated carbocycles. The summed E-state index contributed by atoms with van der Waals surface area (Å²) in [6, 6.07) is 13.6. The number of carbonyl (C=O) groups is 2. The number of amides is 2. The third kappa shape index (κ3) is 3.54. The van der Waals surface area contributed by atoms with Gasteiger partial charge < -0.3 is 9.47 Å². The maximum absolute atomic E-state index is 12.8. The quantitative estimate of drug-likeness (QED) is 0.246. The van der Waals surface area contributed by atoms with Crippen molar-refractivity contribution in [3.63, 3.8) is 0 Å². The van der Waals surface area contributed by atoms with Crippen LogP contribution in [0.25, 0.3) is 0 Å². The molecule has 0 radical (unpaired) electrons. The molecular weight excluding hydrogens is 507 g/mol. The van der Waals surface area contributed by atoms with Gasteiger partial charge in [-0.05, 0) is 64.1 Å². The van der Waals surface area contributed by atoms with E-state index in [2.05, 4.69) is 39.8 Å². The Morgan fingerprint density at radius 3 is 2.42 bits per heavy atom. The SMILES string of the molecule is COc1cc(/C=N\N2C(=O)[C@@H]3[C@@H](C2=O)[C@H]2C=C[C@H]3C2)cc(I)c1OCc1ccccc1. The monoisotopic (exact) mass is 528 g/mol. The van der Waals surface area contributed by atoms with E-state index in [4.69, 9.17) is 9.47 Å². The summed E-state index contributed by atoms with van der Waals surface area (Å²) in [5, 5.41) is 5.31. The van der Waals surface area contributed by atoms with Crippen LogP contribution in [-0.4, -0.2) is 30.1 Å². The van der Waals surface area contributed by atoms with Gasteiger partial charge in [0.2, 0.25) is 0 Å². The standard InChI is InChI=1S/C24H21IN2O4/c1-30-19-10-15(9-18(25)22(19)31-13-14-5-3-2-4-6-14)12-26-27-23(28)20-16-7-8-17(11-16)21(20)24(27)29/h2-10,12,16-17,20-21H,11,13H2,1H3/b26-12-/t16-,17-,20-,21-/m0/s1. The van der Waals surface area contributed by atoms with E-state index in [0.29, 0.717) is 18.1 Å². The molecule has 7 heteroatoms. The predicted molar refractivity (Wildman–Crippen MR) is 124 cm³/mol. The second-order valence-corrected chi connectivity index (χ2v) is 9.20. The summed E-state index contributed by atoms with van der Waals surface area (Å²) >= 11 is 2.19. The Kier molecular flexibility index (Phi) is 5.29. The van der Waals surface area contributed by atoms with Crippen LogP contribution >= 0.6 is 22.6 Å². The van der Waals surface area contributed by atoms with E-state index in [1.54, 1.807) is 13.2 Å². The van der Waals surface area contributed by atoms with Gasteiger partial charge in [-0.3, -0.25) is 9.59 Å². The number of methoxy groups -OCH3 is 1. The van der Waals surface area contributed by atoms with Gasteiger partial charge in [0.25, 0.3) is 11.8 Å². The number of hydrogen-bond acceptors (Lipinski definition) is 5. The van der Waals surface area contributed by atoms with E-state index >= 15 is 0 Å². The molecule has 4 atom stereocenters. The molecule has 1 aliphatic heterocycles. The Balaban J connectivity index is 1.34. The van der Waals surface area contributed by atoms with Crippen LogP contribution in [0.5, 0.6) is 11.5 Å². The van der Waals surface area contributed by atoms with Crippen molar-refractivity contribution in [2.24, 2.45) is 28.8 Å². The molecule has 0 unspecified atom stereocenters. The summed E-state index contributed by atoms with van der Waals surface area (Å²) < 4.78 is 12.4. The third-order valence-electron chi connectivity index (χ3n) is 6.25. The lowest BCUT2D eigenvalue weighted by Gasteiger charge is -2.14. The highest BCUT2D eigenvalue weighted by Crippen LogP contribution is 2.52. The summed E-state index contributed by atoms with van der Waals surface area (Å²) in [4.78, 5) is 25.6. The Morgan fingerprint density at radius 1 is 1.10 bits per heavy atom. The van der Waals surface area contributed by atoms with Crippen LogP contribution in [0.4, 0.5) is 0 Å². The maximum atomic E-state index is 12.8. The van der Waals surface area contributed by atoms with E-state index in [1.165, 1.54) is 6.21 Å². The van der Waals surface area contributed by atoms with Gasteiger partial charge in [-0.15, -0.1) is 0 Å². The van der Waals surface area contributed by atoms with Crippen LogP contribution in [0.3, 0.4) is 0 Å². The molecule has 158 valence electrons. The highest BCUT2D eigenvalue weighted by Gasteiger charge is 2.59. The van der Waals surface area contributed by atoms with Crippen molar-refractivity contribution in [1.29, 1.82) is 0 Å². The van der Waals surface area contributed by atoms with E-state index in [-0.39, 0.29) is 35.5 Å². The van der Waals surface area contributed by atoms with Gasteiger partial charge in [-0.1, -0.05) is 42.5 Å². The van der Waals surface area contributed by atoms with Gasteiger partial charge in [-0.25, -0.2) is 0 Å². The number of rotatable bonds is 6. The highest BCUT2D eigenvalue weighted by atomic mass is 127. The molecule has 31 heavy (non-hydrogen) atoms. The zero-order valence-electron chi connectivity index (χ0n) is 16.9. The number of ether oxygens (including phenoxy) is 2. The fourth-order valence-electron chi connectivity index (χ4n) is 4.81. The zero-order chi connectivity index (χ0) is 21.5. The number of benzene rings is 2. The van der Waals surface area contributed by atoms with Gasteiger partial charge in [-0.2, -0.15) is 10.1 Å². The molecule has 6 nitrogen and oxygen atoms in total. The molecule has 2 amide bonds. The number of imide groups is 1. The fraction of sp³-hybridized carbons (Fsp3) is 0.292. The van der Waals surface area contributed by atoms with Gasteiger partial charge in [0, 0.05) is 0 Å². The Hall–Kier alpha value is -2.68. The summed E-state index contributed by atoms with van der Waals surface area (Å²) in [5.41, 5.74) is 1.79. The molecule has 1 saturated heterocycles. The van der Waals surface area contributed by atoms with Crippen LogP contribution in [0, 0.1) is 27.2 Å². The van der Waals surface area contributed by atoms with Crippen molar-refractivity contribution in [2.45, 2.75) is 13.0 Å². The first-order valence-corrected chi connectivity index (χ1v) is 11.3. The minimum atomic E-state index is -0.247. The van der Waals surface area contributed by atoms with Crippen molar-refractivity contribution in [3.8, 4) is 11.5 Å². The van der Waals surface area contributed by atoms with Crippen LogP contribution < -0.4 is 9.47 Å². The van der Waals surface area contributed by atoms with Crippen molar-refractivity contribution < 1.29 is 19.1 Å². The van der Waals surface area contributed by atoms with Gasteiger partial charge >= 0.3 is 0 Å². The molecular formula is C24H21IN2O4. The number of hydrazone groups is 1. The first-order valence-electron chi connectivity index (χ1n) is 10.2. The molecule has 2 aromatic rings. The average molecular weight is 528 g/mol. The van der Waals surface area contributed by atoms with Crippen LogP contribution in [-0.2, 0) is 16.2 Å². The van der Waals surface area contributed by atoms with Crippen molar-refractivity contribution in [2.75, 3.05) is 7.11 Å². The molecule has 2 fully saturated rings. The number of allylic oxidation sites excluding steroid dienone is 2. The molecule has 3 aliphatic rings. The van der Waals surface area contributed by atoms with Gasteiger partial charge in [0.1, 0.15) is 6.61 Å². The molecule has 2 bridgehead atoms. The second-order valence-electron chi connectivity index (χ2n) is 8.04. The van der Waals surface area contributed by atoms with Crippen LogP contribution in [0.2, 0.25) is 0 Å². The number of hydrogen-bond donors (Lipinski definition) is 0. The minimum absolute atomic E-state index is 0.175. The van der Waals surface area contributed by atoms with Crippen molar-refractivity contribution >= 4 is 40.6 Å². The van der Waals surface area contributed by atoms with Crippen molar-refractivity contribution in [3.05, 3.63) is 69.3 Å². The predicted octanol–water partition coefficient (Wildman–Crippen LogP) is 4.02. The second kappa shape index (κ2) is 8.11. The molecule has 0 spiro atoms. The summed E-state index contributed by atoms with van der Waals surface area (Å²) in [6.45, 7) is 0.427. The van der Waals surface area contributed by atoms with Gasteiger partial charge in [0.05, 0.1) is 28.7 Å². The smallest absolute Gasteiger partial charge is 0.254 e. The van der Waals surface area contributed by atoms with Crippen molar-refractivity contribution in [1.82, 2.24) is 5.01 Å². The zero-order valence-corrected chi connectivity index (χ0v) is 19.1. The first-order chi connectivity index (χ1) is 15.1. The Labute approximate surface area is 194 Å². The highest BCUT2D eigenvalue weighted by molar-refractivity contribution is 14.1. The average Bonchev–Trinajstić information content (AvgIpc) is 3.46. The maximum Gasteiger partial charge on any atom is 0.254 e. The number of carbonyl (C=O) groups excluding carboxylic acids is 2.